The summed E-state index contributed by atoms with van der Waals surface area (Å²) in [5.41, 5.74) is 1.65. The van der Waals surface area contributed by atoms with Crippen LogP contribution in [0.25, 0.3) is 0 Å². The molecular weight excluding hydrogens is 356 g/mol. The van der Waals surface area contributed by atoms with Gasteiger partial charge >= 0.3 is 0 Å². The van der Waals surface area contributed by atoms with E-state index in [0.29, 0.717) is 16.8 Å². The van der Waals surface area contributed by atoms with E-state index in [1.807, 2.05) is 26.0 Å². The zero-order chi connectivity index (χ0) is 16.8. The summed E-state index contributed by atoms with van der Waals surface area (Å²) in [6.07, 6.45) is 0.865. The van der Waals surface area contributed by atoms with Crippen LogP contribution in [0.15, 0.2) is 53.0 Å². The van der Waals surface area contributed by atoms with Gasteiger partial charge in [0.05, 0.1) is 5.56 Å². The van der Waals surface area contributed by atoms with Crippen molar-refractivity contribution in [3.05, 3.63) is 64.1 Å². The zero-order valence-electron chi connectivity index (χ0n) is 13.1. The second-order valence-electron chi connectivity index (χ2n) is 5.30. The molecule has 4 nitrogen and oxygen atoms in total. The summed E-state index contributed by atoms with van der Waals surface area (Å²) in [6.45, 7) is 3.97. The van der Waals surface area contributed by atoms with Crippen LogP contribution >= 0.6 is 15.9 Å². The monoisotopic (exact) mass is 374 g/mol. The van der Waals surface area contributed by atoms with Crippen LogP contribution in [0.4, 0.5) is 5.69 Å². The molecule has 0 aliphatic rings. The third-order valence-electron chi connectivity index (χ3n) is 3.49. The van der Waals surface area contributed by atoms with Gasteiger partial charge in [-0.2, -0.15) is 0 Å². The molecule has 0 aliphatic carbocycles. The lowest BCUT2D eigenvalue weighted by atomic mass is 10.1. The van der Waals surface area contributed by atoms with Crippen LogP contribution in [0, 0.1) is 0 Å². The summed E-state index contributed by atoms with van der Waals surface area (Å²) in [4.78, 5) is 24.4. The summed E-state index contributed by atoms with van der Waals surface area (Å²) in [7, 11) is 0. The third-order valence-corrected chi connectivity index (χ3v) is 4.18. The fourth-order valence-electron chi connectivity index (χ4n) is 1.99. The molecule has 0 aromatic heterocycles. The van der Waals surface area contributed by atoms with Crippen LogP contribution in [0.2, 0.25) is 0 Å². The highest BCUT2D eigenvalue weighted by molar-refractivity contribution is 9.10. The van der Waals surface area contributed by atoms with Gasteiger partial charge < -0.3 is 10.6 Å². The maximum absolute atomic E-state index is 12.3. The SMILES string of the molecule is CC[C@@H](C)NC(=O)c1cccc(NC(=O)c2ccccc2Br)c1. The Balaban J connectivity index is 2.13. The molecule has 0 radical (unpaired) electrons. The number of halogens is 1. The van der Waals surface area contributed by atoms with Crippen molar-refractivity contribution in [3.63, 3.8) is 0 Å². The van der Waals surface area contributed by atoms with Gasteiger partial charge in [0.25, 0.3) is 11.8 Å². The Morgan fingerprint density at radius 3 is 2.52 bits per heavy atom. The Bertz CT molecular complexity index is 716. The second kappa shape index (κ2) is 7.92. The highest BCUT2D eigenvalue weighted by atomic mass is 79.9. The van der Waals surface area contributed by atoms with Gasteiger partial charge in [0.2, 0.25) is 0 Å². The number of anilines is 1. The minimum absolute atomic E-state index is 0.112. The Labute approximate surface area is 144 Å². The van der Waals surface area contributed by atoms with E-state index in [2.05, 4.69) is 26.6 Å². The van der Waals surface area contributed by atoms with Crippen molar-refractivity contribution in [1.82, 2.24) is 5.32 Å². The van der Waals surface area contributed by atoms with Gasteiger partial charge in [-0.3, -0.25) is 9.59 Å². The van der Waals surface area contributed by atoms with Gasteiger partial charge in [0.1, 0.15) is 0 Å². The van der Waals surface area contributed by atoms with Gasteiger partial charge in [-0.05, 0) is 59.6 Å². The first kappa shape index (κ1) is 17.2. The minimum atomic E-state index is -0.225. The molecule has 0 heterocycles. The highest BCUT2D eigenvalue weighted by Gasteiger charge is 2.12. The average Bonchev–Trinajstić information content (AvgIpc) is 2.55. The van der Waals surface area contributed by atoms with Crippen LogP contribution in [-0.4, -0.2) is 17.9 Å². The molecule has 5 heteroatoms. The fourth-order valence-corrected chi connectivity index (χ4v) is 2.46. The Kier molecular flexibility index (Phi) is 5.93. The van der Waals surface area contributed by atoms with Crippen molar-refractivity contribution in [2.75, 3.05) is 5.32 Å². The van der Waals surface area contributed by atoms with E-state index in [1.54, 1.807) is 36.4 Å². The van der Waals surface area contributed by atoms with E-state index >= 15 is 0 Å². The van der Waals surface area contributed by atoms with Crippen LogP contribution in [-0.2, 0) is 0 Å². The molecule has 0 bridgehead atoms. The normalized spacial score (nSPS) is 11.6. The van der Waals surface area contributed by atoms with Gasteiger partial charge in [-0.1, -0.05) is 25.1 Å². The van der Waals surface area contributed by atoms with Crippen LogP contribution in [0.5, 0.6) is 0 Å². The lowest BCUT2D eigenvalue weighted by molar-refractivity contribution is 0.0938. The first-order valence-corrected chi connectivity index (χ1v) is 8.27. The van der Waals surface area contributed by atoms with E-state index < -0.39 is 0 Å². The largest absolute Gasteiger partial charge is 0.350 e. The van der Waals surface area contributed by atoms with E-state index in [-0.39, 0.29) is 17.9 Å². The molecule has 2 amide bonds. The summed E-state index contributed by atoms with van der Waals surface area (Å²) in [5.74, 6) is -0.367. The van der Waals surface area contributed by atoms with Crippen molar-refractivity contribution in [2.24, 2.45) is 0 Å². The second-order valence-corrected chi connectivity index (χ2v) is 6.15. The van der Waals surface area contributed by atoms with Gasteiger partial charge in [-0.15, -0.1) is 0 Å². The lowest BCUT2D eigenvalue weighted by Gasteiger charge is -2.12. The van der Waals surface area contributed by atoms with Crippen LogP contribution < -0.4 is 10.6 Å². The van der Waals surface area contributed by atoms with Crippen molar-refractivity contribution in [2.45, 2.75) is 26.3 Å². The predicted octanol–water partition coefficient (Wildman–Crippen LogP) is 4.23. The lowest BCUT2D eigenvalue weighted by Crippen LogP contribution is -2.31. The summed E-state index contributed by atoms with van der Waals surface area (Å²) in [5, 5.41) is 5.72. The van der Waals surface area contributed by atoms with Gasteiger partial charge in [0, 0.05) is 21.8 Å². The Morgan fingerprint density at radius 2 is 1.83 bits per heavy atom. The number of hydrogen-bond donors (Lipinski definition) is 2. The molecular formula is C18H19BrN2O2. The molecule has 0 saturated heterocycles. The van der Waals surface area contributed by atoms with Crippen molar-refractivity contribution < 1.29 is 9.59 Å². The molecule has 0 saturated carbocycles. The minimum Gasteiger partial charge on any atom is -0.350 e. The topological polar surface area (TPSA) is 58.2 Å². The number of nitrogens with one attached hydrogen (secondary N) is 2. The van der Waals surface area contributed by atoms with Crippen molar-refractivity contribution >= 4 is 33.4 Å². The third kappa shape index (κ3) is 4.66. The molecule has 2 aromatic carbocycles. The number of rotatable bonds is 5. The summed E-state index contributed by atoms with van der Waals surface area (Å²) < 4.78 is 0.725. The number of amides is 2. The number of carbonyl (C=O) groups is 2. The van der Waals surface area contributed by atoms with Crippen molar-refractivity contribution in [1.29, 1.82) is 0 Å². The first-order chi connectivity index (χ1) is 11.0. The summed E-state index contributed by atoms with van der Waals surface area (Å²) in [6, 6.07) is 14.2. The molecule has 0 aliphatic heterocycles. The maximum Gasteiger partial charge on any atom is 0.256 e. The molecule has 120 valence electrons. The molecule has 0 spiro atoms. The highest BCUT2D eigenvalue weighted by Crippen LogP contribution is 2.18. The van der Waals surface area contributed by atoms with E-state index in [1.165, 1.54) is 0 Å². The molecule has 2 N–H and O–H groups in total. The standard InChI is InChI=1S/C18H19BrN2O2/c1-3-12(2)20-17(22)13-7-6-8-14(11-13)21-18(23)15-9-4-5-10-16(15)19/h4-12H,3H2,1-2H3,(H,20,22)(H,21,23)/t12-/m1/s1. The van der Waals surface area contributed by atoms with Crippen LogP contribution in [0.1, 0.15) is 41.0 Å². The number of benzene rings is 2. The average molecular weight is 375 g/mol. The Hall–Kier alpha value is -2.14. The molecule has 1 atom stereocenters. The smallest absolute Gasteiger partial charge is 0.256 e. The fraction of sp³-hybridized carbons (Fsp3) is 0.222. The van der Waals surface area contributed by atoms with E-state index in [4.69, 9.17) is 0 Å². The maximum atomic E-state index is 12.3. The molecule has 23 heavy (non-hydrogen) atoms. The molecule has 2 rings (SSSR count). The molecule has 0 fully saturated rings. The zero-order valence-corrected chi connectivity index (χ0v) is 14.7. The first-order valence-electron chi connectivity index (χ1n) is 7.48. The quantitative estimate of drug-likeness (QED) is 0.822. The number of hydrogen-bond acceptors (Lipinski definition) is 2. The summed E-state index contributed by atoms with van der Waals surface area (Å²) >= 11 is 3.36. The van der Waals surface area contributed by atoms with Crippen molar-refractivity contribution in [3.8, 4) is 0 Å². The molecule has 2 aromatic rings. The van der Waals surface area contributed by atoms with E-state index in [9.17, 15) is 9.59 Å². The predicted molar refractivity (Wildman–Crippen MR) is 95.8 cm³/mol. The van der Waals surface area contributed by atoms with Gasteiger partial charge in [-0.25, -0.2) is 0 Å². The van der Waals surface area contributed by atoms with Gasteiger partial charge in [0.15, 0.2) is 0 Å². The number of carbonyl (C=O) groups excluding carboxylic acids is 2. The van der Waals surface area contributed by atoms with Crippen LogP contribution in [0.3, 0.4) is 0 Å². The van der Waals surface area contributed by atoms with E-state index in [0.717, 1.165) is 10.9 Å². The Morgan fingerprint density at radius 1 is 1.09 bits per heavy atom. The molecule has 0 unspecified atom stereocenters.